The van der Waals surface area contributed by atoms with Gasteiger partial charge in [-0.1, -0.05) is 26.2 Å². The highest BCUT2D eigenvalue weighted by Crippen LogP contribution is 2.32. The minimum absolute atomic E-state index is 0.351. The smallest absolute Gasteiger partial charge is 0.140 e. The van der Waals surface area contributed by atoms with Crippen molar-refractivity contribution in [2.45, 2.75) is 57.0 Å². The minimum Gasteiger partial charge on any atom is -0.379 e. The molecule has 1 aliphatic heterocycles. The Balaban J connectivity index is 1.78. The molecule has 0 bridgehead atoms. The zero-order chi connectivity index (χ0) is 13.1. The van der Waals surface area contributed by atoms with Gasteiger partial charge in [0.05, 0.1) is 19.1 Å². The predicted molar refractivity (Wildman–Crippen MR) is 73.2 cm³/mol. The molecule has 5 heteroatoms. The van der Waals surface area contributed by atoms with Crippen LogP contribution in [0.4, 0.5) is 0 Å². The second kappa shape index (κ2) is 6.01. The maximum atomic E-state index is 5.64. The van der Waals surface area contributed by atoms with Gasteiger partial charge >= 0.3 is 0 Å². The van der Waals surface area contributed by atoms with Gasteiger partial charge in [0, 0.05) is 12.1 Å². The molecule has 2 aliphatic rings. The summed E-state index contributed by atoms with van der Waals surface area (Å²) < 4.78 is 7.97. The molecule has 0 amide bonds. The van der Waals surface area contributed by atoms with Crippen LogP contribution in [0, 0.1) is 0 Å². The van der Waals surface area contributed by atoms with Crippen LogP contribution in [0.15, 0.2) is 6.33 Å². The fraction of sp³-hybridized carbons (Fsp3) is 0.857. The summed E-state index contributed by atoms with van der Waals surface area (Å²) in [6.45, 7) is 4.67. The predicted octanol–water partition coefficient (Wildman–Crippen LogP) is 1.88. The van der Waals surface area contributed by atoms with Crippen molar-refractivity contribution in [3.05, 3.63) is 12.2 Å². The van der Waals surface area contributed by atoms with Crippen LogP contribution in [0.2, 0.25) is 0 Å². The van der Waals surface area contributed by atoms with Gasteiger partial charge in [0.2, 0.25) is 0 Å². The molecule has 0 spiro atoms. The first-order chi connectivity index (χ1) is 9.40. The molecule has 2 heterocycles. The number of rotatable bonds is 4. The van der Waals surface area contributed by atoms with Crippen molar-refractivity contribution < 1.29 is 4.74 Å². The number of nitrogens with zero attached hydrogens (tertiary/aromatic N) is 3. The van der Waals surface area contributed by atoms with Gasteiger partial charge in [0.15, 0.2) is 0 Å². The van der Waals surface area contributed by atoms with E-state index in [1.54, 1.807) is 0 Å². The fourth-order valence-corrected chi connectivity index (χ4v) is 3.43. The molecule has 1 aromatic heterocycles. The number of likely N-dealkylation sites (N-methyl/N-ethyl adjacent to an activating group) is 1. The fourth-order valence-electron chi connectivity index (χ4n) is 3.43. The number of hydrogen-bond donors (Lipinski definition) is 1. The SMILES string of the molecule is CCNC1COCC1c1nncn1C1CCCCC1. The van der Waals surface area contributed by atoms with E-state index in [0.717, 1.165) is 25.6 Å². The van der Waals surface area contributed by atoms with Crippen molar-refractivity contribution in [3.8, 4) is 0 Å². The highest BCUT2D eigenvalue weighted by Gasteiger charge is 2.34. The van der Waals surface area contributed by atoms with E-state index in [-0.39, 0.29) is 0 Å². The van der Waals surface area contributed by atoms with Gasteiger partial charge in [0.1, 0.15) is 12.2 Å². The number of aromatic nitrogens is 3. The Morgan fingerprint density at radius 3 is 2.95 bits per heavy atom. The van der Waals surface area contributed by atoms with Gasteiger partial charge < -0.3 is 14.6 Å². The third-order valence-electron chi connectivity index (χ3n) is 4.45. The Bertz CT molecular complexity index is 400. The van der Waals surface area contributed by atoms with Crippen molar-refractivity contribution in [1.82, 2.24) is 20.1 Å². The second-order valence-corrected chi connectivity index (χ2v) is 5.70. The molecule has 1 N–H and O–H groups in total. The lowest BCUT2D eigenvalue weighted by molar-refractivity contribution is 0.186. The summed E-state index contributed by atoms with van der Waals surface area (Å²) in [5.41, 5.74) is 0. The molecule has 1 saturated carbocycles. The molecule has 0 aromatic carbocycles. The van der Waals surface area contributed by atoms with E-state index >= 15 is 0 Å². The lowest BCUT2D eigenvalue weighted by atomic mass is 9.94. The molecule has 2 fully saturated rings. The average molecular weight is 264 g/mol. The number of hydrogen-bond acceptors (Lipinski definition) is 4. The van der Waals surface area contributed by atoms with Crippen molar-refractivity contribution in [3.63, 3.8) is 0 Å². The largest absolute Gasteiger partial charge is 0.379 e. The molecule has 2 unspecified atom stereocenters. The molecule has 3 rings (SSSR count). The van der Waals surface area contributed by atoms with E-state index in [4.69, 9.17) is 4.74 Å². The molecule has 1 aliphatic carbocycles. The number of nitrogens with one attached hydrogen (secondary N) is 1. The van der Waals surface area contributed by atoms with Gasteiger partial charge in [0.25, 0.3) is 0 Å². The monoisotopic (exact) mass is 264 g/mol. The summed E-state index contributed by atoms with van der Waals surface area (Å²) in [5.74, 6) is 1.47. The maximum Gasteiger partial charge on any atom is 0.140 e. The Kier molecular flexibility index (Phi) is 4.13. The lowest BCUT2D eigenvalue weighted by Gasteiger charge is -2.26. The van der Waals surface area contributed by atoms with Crippen LogP contribution < -0.4 is 5.32 Å². The van der Waals surface area contributed by atoms with Crippen LogP contribution in [0.25, 0.3) is 0 Å². The van der Waals surface area contributed by atoms with E-state index in [9.17, 15) is 0 Å². The summed E-state index contributed by atoms with van der Waals surface area (Å²) in [6.07, 6.45) is 8.50. The third kappa shape index (κ3) is 2.67. The van der Waals surface area contributed by atoms with E-state index in [2.05, 4.69) is 27.0 Å². The highest BCUT2D eigenvalue weighted by atomic mass is 16.5. The Morgan fingerprint density at radius 1 is 1.32 bits per heavy atom. The molecule has 1 saturated heterocycles. The normalized spacial score (nSPS) is 28.9. The van der Waals surface area contributed by atoms with Crippen molar-refractivity contribution >= 4 is 0 Å². The lowest BCUT2D eigenvalue weighted by Crippen LogP contribution is -2.35. The van der Waals surface area contributed by atoms with Gasteiger partial charge in [-0.2, -0.15) is 0 Å². The van der Waals surface area contributed by atoms with E-state index < -0.39 is 0 Å². The zero-order valence-corrected chi connectivity index (χ0v) is 11.7. The van der Waals surface area contributed by atoms with Crippen molar-refractivity contribution in [1.29, 1.82) is 0 Å². The molecule has 0 radical (unpaired) electrons. The van der Waals surface area contributed by atoms with Crippen LogP contribution in [-0.2, 0) is 4.74 Å². The van der Waals surface area contributed by atoms with Crippen LogP contribution in [-0.4, -0.2) is 40.6 Å². The van der Waals surface area contributed by atoms with Crippen LogP contribution in [0.3, 0.4) is 0 Å². The Morgan fingerprint density at radius 2 is 2.16 bits per heavy atom. The first kappa shape index (κ1) is 13.1. The van der Waals surface area contributed by atoms with E-state index in [1.807, 2.05) is 6.33 Å². The van der Waals surface area contributed by atoms with Crippen LogP contribution >= 0.6 is 0 Å². The average Bonchev–Trinajstić information content (AvgIpc) is 3.08. The summed E-state index contributed by atoms with van der Waals surface area (Å²) >= 11 is 0. The maximum absolute atomic E-state index is 5.64. The number of ether oxygens (including phenoxy) is 1. The van der Waals surface area contributed by atoms with Gasteiger partial charge in [-0.05, 0) is 19.4 Å². The van der Waals surface area contributed by atoms with Crippen LogP contribution in [0.1, 0.15) is 56.8 Å². The van der Waals surface area contributed by atoms with Gasteiger partial charge in [-0.15, -0.1) is 10.2 Å². The summed E-state index contributed by atoms with van der Waals surface area (Å²) in [6, 6.07) is 0.984. The van der Waals surface area contributed by atoms with Gasteiger partial charge in [-0.3, -0.25) is 0 Å². The van der Waals surface area contributed by atoms with Crippen molar-refractivity contribution in [2.75, 3.05) is 19.8 Å². The minimum atomic E-state index is 0.351. The standard InChI is InChI=1S/C14H24N4O/c1-2-15-13-9-19-8-12(13)14-17-16-10-18(14)11-6-4-3-5-7-11/h10-13,15H,2-9H2,1H3. The highest BCUT2D eigenvalue weighted by molar-refractivity contribution is 5.06. The molecular weight excluding hydrogens is 240 g/mol. The molecule has 106 valence electrons. The molecule has 2 atom stereocenters. The van der Waals surface area contributed by atoms with E-state index in [0.29, 0.717) is 18.0 Å². The second-order valence-electron chi connectivity index (χ2n) is 5.70. The van der Waals surface area contributed by atoms with Crippen LogP contribution in [0.5, 0.6) is 0 Å². The van der Waals surface area contributed by atoms with E-state index in [1.165, 1.54) is 32.1 Å². The molecular formula is C14H24N4O. The quantitative estimate of drug-likeness (QED) is 0.902. The summed E-state index contributed by atoms with van der Waals surface area (Å²) in [5, 5.41) is 12.1. The topological polar surface area (TPSA) is 52.0 Å². The first-order valence-electron chi connectivity index (χ1n) is 7.60. The van der Waals surface area contributed by atoms with Gasteiger partial charge in [-0.25, -0.2) is 0 Å². The molecule has 19 heavy (non-hydrogen) atoms. The Hall–Kier alpha value is -0.940. The molecule has 5 nitrogen and oxygen atoms in total. The summed E-state index contributed by atoms with van der Waals surface area (Å²) in [7, 11) is 0. The van der Waals surface area contributed by atoms with Crippen molar-refractivity contribution in [2.24, 2.45) is 0 Å². The molecule has 1 aromatic rings. The Labute approximate surface area is 114 Å². The zero-order valence-electron chi connectivity index (χ0n) is 11.7. The third-order valence-corrected chi connectivity index (χ3v) is 4.45. The first-order valence-corrected chi connectivity index (χ1v) is 7.60. The summed E-state index contributed by atoms with van der Waals surface area (Å²) in [4.78, 5) is 0.